The zero-order valence-corrected chi connectivity index (χ0v) is 23.4. The Kier molecular flexibility index (Phi) is 11.7. The number of carbonyl (C=O) groups is 4. The Morgan fingerprint density at radius 3 is 2.36 bits per heavy atom. The number of rotatable bonds is 12. The Morgan fingerprint density at radius 1 is 1.05 bits per heavy atom. The molecule has 0 aliphatic carbocycles. The van der Waals surface area contributed by atoms with Crippen LogP contribution < -0.4 is 10.6 Å². The molecule has 9 nitrogen and oxygen atoms in total. The van der Waals surface area contributed by atoms with E-state index >= 15 is 0 Å². The second-order valence-electron chi connectivity index (χ2n) is 9.96. The summed E-state index contributed by atoms with van der Waals surface area (Å²) in [6, 6.07) is 14.3. The minimum Gasteiger partial charge on any atom is -0.466 e. The van der Waals surface area contributed by atoms with Crippen molar-refractivity contribution < 1.29 is 28.7 Å². The maximum absolute atomic E-state index is 13.9. The summed E-state index contributed by atoms with van der Waals surface area (Å²) in [5.74, 6) is -1.40. The molecular formula is C30H39N3O6. The first-order valence-electron chi connectivity index (χ1n) is 12.9. The molecule has 0 heterocycles. The first-order chi connectivity index (χ1) is 18.4. The van der Waals surface area contributed by atoms with Crippen LogP contribution in [0.3, 0.4) is 0 Å². The lowest BCUT2D eigenvalue weighted by molar-refractivity contribution is -0.143. The molecule has 0 aromatic heterocycles. The molecule has 2 atom stereocenters. The summed E-state index contributed by atoms with van der Waals surface area (Å²) in [5, 5.41) is 5.41. The standard InChI is InChI=1S/C30H39N3O6/c1-7-21-15-12-16-23(19-21)26(27(35)31-18-17-25(34)38-8-2)33(6)28(36)24(20-22-13-10-9-11-14-22)32-29(37)39-30(3,4)5/h7,9-16,19,24,26H,1,8,17-18,20H2,2-6H3,(H,31,35)(H,32,37). The number of ether oxygens (including phenoxy) is 2. The lowest BCUT2D eigenvalue weighted by Crippen LogP contribution is -2.52. The fourth-order valence-electron chi connectivity index (χ4n) is 3.90. The lowest BCUT2D eigenvalue weighted by Gasteiger charge is -2.32. The molecule has 3 amide bonds. The summed E-state index contributed by atoms with van der Waals surface area (Å²) < 4.78 is 10.3. The van der Waals surface area contributed by atoms with Crippen LogP contribution in [0, 0.1) is 0 Å². The van der Waals surface area contributed by atoms with Gasteiger partial charge in [0.05, 0.1) is 13.0 Å². The Morgan fingerprint density at radius 2 is 1.74 bits per heavy atom. The Hall–Kier alpha value is -4.14. The fraction of sp³-hybridized carbons (Fsp3) is 0.400. The molecule has 0 fully saturated rings. The predicted octanol–water partition coefficient (Wildman–Crippen LogP) is 4.03. The number of nitrogens with one attached hydrogen (secondary N) is 2. The summed E-state index contributed by atoms with van der Waals surface area (Å²) in [7, 11) is 1.51. The van der Waals surface area contributed by atoms with Crippen LogP contribution in [0.2, 0.25) is 0 Å². The monoisotopic (exact) mass is 537 g/mol. The number of nitrogens with zero attached hydrogens (tertiary/aromatic N) is 1. The van der Waals surface area contributed by atoms with E-state index in [1.165, 1.54) is 11.9 Å². The first-order valence-corrected chi connectivity index (χ1v) is 12.9. The molecule has 39 heavy (non-hydrogen) atoms. The molecule has 210 valence electrons. The van der Waals surface area contributed by atoms with Crippen LogP contribution in [0.25, 0.3) is 6.08 Å². The van der Waals surface area contributed by atoms with E-state index < -0.39 is 41.6 Å². The van der Waals surface area contributed by atoms with Gasteiger partial charge in [-0.2, -0.15) is 0 Å². The smallest absolute Gasteiger partial charge is 0.408 e. The van der Waals surface area contributed by atoms with Gasteiger partial charge in [-0.15, -0.1) is 0 Å². The number of esters is 1. The SMILES string of the molecule is C=Cc1cccc(C(C(=O)NCCC(=O)OCC)N(C)C(=O)C(Cc2ccccc2)NC(=O)OC(C)(C)C)c1. The van der Waals surface area contributed by atoms with Gasteiger partial charge in [0.1, 0.15) is 17.7 Å². The van der Waals surface area contributed by atoms with E-state index in [1.54, 1.807) is 52.0 Å². The topological polar surface area (TPSA) is 114 Å². The van der Waals surface area contributed by atoms with Crippen LogP contribution in [0.1, 0.15) is 56.8 Å². The van der Waals surface area contributed by atoms with Gasteiger partial charge in [-0.1, -0.05) is 61.2 Å². The summed E-state index contributed by atoms with van der Waals surface area (Å²) in [6.07, 6.45) is 1.08. The molecule has 0 aliphatic heterocycles. The highest BCUT2D eigenvalue weighted by Gasteiger charge is 2.34. The number of hydrogen-bond acceptors (Lipinski definition) is 6. The highest BCUT2D eigenvalue weighted by Crippen LogP contribution is 2.23. The molecular weight excluding hydrogens is 498 g/mol. The van der Waals surface area contributed by atoms with Crippen molar-refractivity contribution in [3.05, 3.63) is 77.9 Å². The van der Waals surface area contributed by atoms with Gasteiger partial charge in [0.2, 0.25) is 11.8 Å². The number of carbonyl (C=O) groups excluding carboxylic acids is 4. The van der Waals surface area contributed by atoms with Gasteiger partial charge >= 0.3 is 12.1 Å². The average Bonchev–Trinajstić information content (AvgIpc) is 2.87. The van der Waals surface area contributed by atoms with Crippen molar-refractivity contribution >= 4 is 30.0 Å². The van der Waals surface area contributed by atoms with Crippen LogP contribution in [-0.4, -0.2) is 60.6 Å². The van der Waals surface area contributed by atoms with Crippen molar-refractivity contribution in [2.24, 2.45) is 0 Å². The van der Waals surface area contributed by atoms with Crippen LogP contribution in [-0.2, 0) is 30.3 Å². The van der Waals surface area contributed by atoms with Gasteiger partial charge in [0, 0.05) is 20.0 Å². The zero-order chi connectivity index (χ0) is 29.0. The normalized spacial score (nSPS) is 12.4. The summed E-state index contributed by atoms with van der Waals surface area (Å²) in [4.78, 5) is 53.0. The largest absolute Gasteiger partial charge is 0.466 e. The van der Waals surface area contributed by atoms with Gasteiger partial charge in [0.25, 0.3) is 0 Å². The highest BCUT2D eigenvalue weighted by atomic mass is 16.6. The summed E-state index contributed by atoms with van der Waals surface area (Å²) >= 11 is 0. The number of alkyl carbamates (subject to hydrolysis) is 1. The molecule has 0 spiro atoms. The number of likely N-dealkylation sites (N-methyl/N-ethyl adjacent to an activating group) is 1. The van der Waals surface area contributed by atoms with Crippen LogP contribution in [0.15, 0.2) is 61.2 Å². The molecule has 0 saturated heterocycles. The average molecular weight is 538 g/mol. The van der Waals surface area contributed by atoms with Crippen LogP contribution in [0.4, 0.5) is 4.79 Å². The molecule has 0 bridgehead atoms. The predicted molar refractivity (Wildman–Crippen MR) is 150 cm³/mol. The minimum atomic E-state index is -1.04. The minimum absolute atomic E-state index is 0.00646. The van der Waals surface area contributed by atoms with Gasteiger partial charge in [-0.05, 0) is 50.5 Å². The third kappa shape index (κ3) is 10.3. The lowest BCUT2D eigenvalue weighted by atomic mass is 9.99. The fourth-order valence-corrected chi connectivity index (χ4v) is 3.90. The first kappa shape index (κ1) is 31.1. The molecule has 2 rings (SSSR count). The number of hydrogen-bond donors (Lipinski definition) is 2. The van der Waals surface area contributed by atoms with Crippen molar-refractivity contribution in [2.45, 2.75) is 58.2 Å². The van der Waals surface area contributed by atoms with E-state index in [4.69, 9.17) is 9.47 Å². The third-order valence-corrected chi connectivity index (χ3v) is 5.65. The van der Waals surface area contributed by atoms with E-state index in [1.807, 2.05) is 36.4 Å². The Bertz CT molecular complexity index is 1140. The van der Waals surface area contributed by atoms with Crippen molar-refractivity contribution in [2.75, 3.05) is 20.2 Å². The maximum atomic E-state index is 13.9. The van der Waals surface area contributed by atoms with Gasteiger partial charge < -0.3 is 25.0 Å². The van der Waals surface area contributed by atoms with E-state index in [0.717, 1.165) is 11.1 Å². The van der Waals surface area contributed by atoms with Crippen LogP contribution >= 0.6 is 0 Å². The molecule has 2 unspecified atom stereocenters. The molecule has 0 aliphatic rings. The van der Waals surface area contributed by atoms with Gasteiger partial charge in [0.15, 0.2) is 0 Å². The van der Waals surface area contributed by atoms with Gasteiger partial charge in [-0.3, -0.25) is 14.4 Å². The molecule has 2 aromatic carbocycles. The van der Waals surface area contributed by atoms with Crippen molar-refractivity contribution in [1.29, 1.82) is 0 Å². The summed E-state index contributed by atoms with van der Waals surface area (Å²) in [5.41, 5.74) is 1.38. The highest BCUT2D eigenvalue weighted by molar-refractivity contribution is 5.92. The molecule has 9 heteroatoms. The van der Waals surface area contributed by atoms with Crippen molar-refractivity contribution in [3.63, 3.8) is 0 Å². The van der Waals surface area contributed by atoms with Crippen LogP contribution in [0.5, 0.6) is 0 Å². The van der Waals surface area contributed by atoms with E-state index in [2.05, 4.69) is 17.2 Å². The number of amides is 3. The second kappa shape index (κ2) is 14.7. The quantitative estimate of drug-likeness (QED) is 0.395. The number of benzene rings is 2. The van der Waals surface area contributed by atoms with E-state index in [0.29, 0.717) is 5.56 Å². The van der Waals surface area contributed by atoms with Crippen molar-refractivity contribution in [3.8, 4) is 0 Å². The molecule has 0 radical (unpaired) electrons. The Balaban J connectivity index is 2.37. The van der Waals surface area contributed by atoms with E-state index in [9.17, 15) is 19.2 Å². The maximum Gasteiger partial charge on any atom is 0.408 e. The third-order valence-electron chi connectivity index (χ3n) is 5.65. The van der Waals surface area contributed by atoms with E-state index in [-0.39, 0.29) is 26.0 Å². The van der Waals surface area contributed by atoms with Gasteiger partial charge in [-0.25, -0.2) is 4.79 Å². The molecule has 2 N–H and O–H groups in total. The Labute approximate surface area is 230 Å². The zero-order valence-electron chi connectivity index (χ0n) is 23.4. The van der Waals surface area contributed by atoms with Crippen molar-refractivity contribution in [1.82, 2.24) is 15.5 Å². The summed E-state index contributed by atoms with van der Waals surface area (Å²) in [6.45, 7) is 11.0. The second-order valence-corrected chi connectivity index (χ2v) is 9.96. The molecule has 0 saturated carbocycles. The molecule has 2 aromatic rings.